The predicted octanol–water partition coefficient (Wildman–Crippen LogP) is 2.82. The summed E-state index contributed by atoms with van der Waals surface area (Å²) in [7, 11) is 0. The highest BCUT2D eigenvalue weighted by atomic mass is 79.9. The number of hydrogen-bond acceptors (Lipinski definition) is 2. The van der Waals surface area contributed by atoms with Gasteiger partial charge in [-0.3, -0.25) is 11.3 Å². The lowest BCUT2D eigenvalue weighted by atomic mass is 9.73. The Morgan fingerprint density at radius 1 is 1.08 bits per heavy atom. The molecule has 0 aliphatic rings. The summed E-state index contributed by atoms with van der Waals surface area (Å²) in [5.41, 5.74) is 3.10. The van der Waals surface area contributed by atoms with Gasteiger partial charge in [0.05, 0.1) is 0 Å². The molecule has 12 heavy (non-hydrogen) atoms. The van der Waals surface area contributed by atoms with Crippen molar-refractivity contribution in [1.29, 1.82) is 0 Å². The lowest BCUT2D eigenvalue weighted by molar-refractivity contribution is 0.149. The van der Waals surface area contributed by atoms with Crippen molar-refractivity contribution in [2.75, 3.05) is 0 Å². The highest BCUT2D eigenvalue weighted by Crippen LogP contribution is 2.32. The topological polar surface area (TPSA) is 38.0 Å². The zero-order valence-electron chi connectivity index (χ0n) is 8.60. The van der Waals surface area contributed by atoms with Crippen LogP contribution in [0.2, 0.25) is 0 Å². The van der Waals surface area contributed by atoms with Crippen LogP contribution in [0.1, 0.15) is 41.0 Å². The molecule has 2 nitrogen and oxygen atoms in total. The third-order valence-electron chi connectivity index (χ3n) is 2.94. The average molecular weight is 306 g/mol. The van der Waals surface area contributed by atoms with E-state index in [9.17, 15) is 0 Å². The molecular weight excluding hydrogens is 284 g/mol. The third-order valence-corrected chi connectivity index (χ3v) is 2.94. The Hall–Kier alpha value is 0.880. The van der Waals surface area contributed by atoms with E-state index in [4.69, 9.17) is 5.84 Å². The Bertz CT molecular complexity index is 99.6. The van der Waals surface area contributed by atoms with Gasteiger partial charge in [-0.1, -0.05) is 20.8 Å². The molecular formula is C8H22Br2N2. The Labute approximate surface area is 97.2 Å². The van der Waals surface area contributed by atoms with Crippen molar-refractivity contribution in [1.82, 2.24) is 5.43 Å². The van der Waals surface area contributed by atoms with Gasteiger partial charge >= 0.3 is 0 Å². The van der Waals surface area contributed by atoms with Crippen LogP contribution in [-0.4, -0.2) is 5.54 Å². The molecule has 0 heterocycles. The van der Waals surface area contributed by atoms with Crippen molar-refractivity contribution < 1.29 is 0 Å². The van der Waals surface area contributed by atoms with E-state index in [1.54, 1.807) is 0 Å². The molecule has 0 aliphatic heterocycles. The standard InChI is InChI=1S/C8H20N2.2BrH/c1-6-7(2,3)8(4,5)10-9;;/h10H,6,9H2,1-5H3;2*1H. The number of hydrogen-bond donors (Lipinski definition) is 2. The lowest BCUT2D eigenvalue weighted by Gasteiger charge is -2.40. The molecule has 0 fully saturated rings. The largest absolute Gasteiger partial charge is 0.271 e. The number of hydrazine groups is 1. The Balaban J connectivity index is -0.000000405. The maximum atomic E-state index is 5.42. The Morgan fingerprint density at radius 2 is 1.42 bits per heavy atom. The molecule has 0 aromatic heterocycles. The molecule has 0 saturated carbocycles. The number of halogens is 2. The molecule has 0 aliphatic carbocycles. The van der Waals surface area contributed by atoms with E-state index < -0.39 is 0 Å². The van der Waals surface area contributed by atoms with Crippen molar-refractivity contribution >= 4 is 34.0 Å². The third kappa shape index (κ3) is 4.21. The van der Waals surface area contributed by atoms with Crippen molar-refractivity contribution in [2.45, 2.75) is 46.6 Å². The fourth-order valence-electron chi connectivity index (χ4n) is 0.637. The summed E-state index contributed by atoms with van der Waals surface area (Å²) in [6.45, 7) is 10.9. The second-order valence-electron chi connectivity index (χ2n) is 4.01. The second kappa shape index (κ2) is 6.35. The first-order chi connectivity index (χ1) is 4.37. The summed E-state index contributed by atoms with van der Waals surface area (Å²) in [5, 5.41) is 0. The summed E-state index contributed by atoms with van der Waals surface area (Å²) < 4.78 is 0. The maximum Gasteiger partial charge on any atom is 0.0315 e. The molecule has 0 aromatic rings. The van der Waals surface area contributed by atoms with E-state index in [-0.39, 0.29) is 44.9 Å². The number of nitrogens with one attached hydrogen (secondary N) is 1. The molecule has 3 N–H and O–H groups in total. The molecule has 4 heteroatoms. The molecule has 78 valence electrons. The second-order valence-corrected chi connectivity index (χ2v) is 4.01. The van der Waals surface area contributed by atoms with Crippen LogP contribution in [0.25, 0.3) is 0 Å². The molecule has 0 aromatic carbocycles. The van der Waals surface area contributed by atoms with Crippen molar-refractivity contribution in [3.8, 4) is 0 Å². The van der Waals surface area contributed by atoms with Crippen LogP contribution >= 0.6 is 34.0 Å². The Morgan fingerprint density at radius 3 is 1.50 bits per heavy atom. The highest BCUT2D eigenvalue weighted by Gasteiger charge is 2.33. The maximum absolute atomic E-state index is 5.42. The van der Waals surface area contributed by atoms with Gasteiger partial charge in [-0.05, 0) is 25.7 Å². The van der Waals surface area contributed by atoms with Crippen molar-refractivity contribution in [3.63, 3.8) is 0 Å². The fourth-order valence-corrected chi connectivity index (χ4v) is 0.637. The van der Waals surface area contributed by atoms with E-state index in [2.05, 4.69) is 40.0 Å². The van der Waals surface area contributed by atoms with Gasteiger partial charge in [-0.15, -0.1) is 34.0 Å². The van der Waals surface area contributed by atoms with Crippen LogP contribution in [-0.2, 0) is 0 Å². The minimum Gasteiger partial charge on any atom is -0.271 e. The monoisotopic (exact) mass is 304 g/mol. The van der Waals surface area contributed by atoms with Gasteiger partial charge in [0, 0.05) is 5.54 Å². The first kappa shape index (κ1) is 18.6. The van der Waals surface area contributed by atoms with Gasteiger partial charge in [0.2, 0.25) is 0 Å². The van der Waals surface area contributed by atoms with Crippen LogP contribution in [0, 0.1) is 5.41 Å². The SMILES string of the molecule is Br.Br.CCC(C)(C)C(C)(C)NN. The molecule has 0 radical (unpaired) electrons. The molecule has 0 amide bonds. The summed E-state index contributed by atoms with van der Waals surface area (Å²) in [6.07, 6.45) is 1.13. The van der Waals surface area contributed by atoms with Crippen LogP contribution in [0.15, 0.2) is 0 Å². The van der Waals surface area contributed by atoms with Crippen molar-refractivity contribution in [3.05, 3.63) is 0 Å². The summed E-state index contributed by atoms with van der Waals surface area (Å²) >= 11 is 0. The van der Waals surface area contributed by atoms with Crippen LogP contribution < -0.4 is 11.3 Å². The van der Waals surface area contributed by atoms with Gasteiger partial charge in [-0.2, -0.15) is 0 Å². The first-order valence-electron chi connectivity index (χ1n) is 3.85. The summed E-state index contributed by atoms with van der Waals surface area (Å²) in [5.74, 6) is 5.42. The highest BCUT2D eigenvalue weighted by molar-refractivity contribution is 8.93. The van der Waals surface area contributed by atoms with E-state index in [0.29, 0.717) is 0 Å². The van der Waals surface area contributed by atoms with Crippen LogP contribution in [0.3, 0.4) is 0 Å². The molecule has 0 bridgehead atoms. The minimum atomic E-state index is 0. The van der Waals surface area contributed by atoms with Gasteiger partial charge in [0.25, 0.3) is 0 Å². The van der Waals surface area contributed by atoms with Gasteiger partial charge in [-0.25, -0.2) is 0 Å². The molecule has 0 atom stereocenters. The first-order valence-corrected chi connectivity index (χ1v) is 3.85. The number of rotatable bonds is 3. The zero-order valence-corrected chi connectivity index (χ0v) is 12.0. The van der Waals surface area contributed by atoms with Crippen LogP contribution in [0.5, 0.6) is 0 Å². The van der Waals surface area contributed by atoms with Crippen molar-refractivity contribution in [2.24, 2.45) is 11.3 Å². The zero-order chi connectivity index (χ0) is 8.41. The van der Waals surface area contributed by atoms with Crippen LogP contribution in [0.4, 0.5) is 0 Å². The lowest BCUT2D eigenvalue weighted by Crippen LogP contribution is -2.54. The normalized spacial score (nSPS) is 11.5. The predicted molar refractivity (Wildman–Crippen MR) is 66.1 cm³/mol. The van der Waals surface area contributed by atoms with E-state index in [1.807, 2.05) is 0 Å². The number of nitrogens with two attached hydrogens (primary N) is 1. The molecule has 0 saturated heterocycles. The smallest absolute Gasteiger partial charge is 0.0315 e. The van der Waals surface area contributed by atoms with E-state index >= 15 is 0 Å². The van der Waals surface area contributed by atoms with Gasteiger partial charge in [0.15, 0.2) is 0 Å². The van der Waals surface area contributed by atoms with Gasteiger partial charge < -0.3 is 0 Å². The van der Waals surface area contributed by atoms with E-state index in [1.165, 1.54) is 0 Å². The van der Waals surface area contributed by atoms with Gasteiger partial charge in [0.1, 0.15) is 0 Å². The summed E-state index contributed by atoms with van der Waals surface area (Å²) in [6, 6.07) is 0. The summed E-state index contributed by atoms with van der Waals surface area (Å²) in [4.78, 5) is 0. The molecule has 0 spiro atoms. The average Bonchev–Trinajstić information content (AvgIpc) is 1.88. The molecule has 0 unspecified atom stereocenters. The van der Waals surface area contributed by atoms with E-state index in [0.717, 1.165) is 6.42 Å². The Kier molecular flexibility index (Phi) is 9.86. The fraction of sp³-hybridized carbons (Fsp3) is 1.00. The minimum absolute atomic E-state index is 0. The molecule has 0 rings (SSSR count). The quantitative estimate of drug-likeness (QED) is 0.621.